The normalized spacial score (nSPS) is 12.8. The predicted molar refractivity (Wildman–Crippen MR) is 82.0 cm³/mol. The predicted octanol–water partition coefficient (Wildman–Crippen LogP) is 4.66. The highest BCUT2D eigenvalue weighted by molar-refractivity contribution is 7.41. The van der Waals surface area contributed by atoms with Crippen molar-refractivity contribution in [2.75, 3.05) is 0 Å². The molecular weight excluding hydrogens is 271 g/mol. The third kappa shape index (κ3) is 4.22. The molecule has 0 fully saturated rings. The molecule has 0 spiro atoms. The molecule has 2 aromatic rings. The lowest BCUT2D eigenvalue weighted by molar-refractivity contribution is 0.381. The van der Waals surface area contributed by atoms with Crippen LogP contribution in [-0.4, -0.2) is 4.89 Å². The fraction of sp³-hybridized carbons (Fsp3) is 0.250. The van der Waals surface area contributed by atoms with Crippen LogP contribution in [0.4, 0.5) is 0 Å². The first kappa shape index (κ1) is 14.8. The molecule has 1 N–H and O–H groups in total. The Morgan fingerprint density at radius 1 is 0.800 bits per heavy atom. The van der Waals surface area contributed by atoms with E-state index >= 15 is 0 Å². The van der Waals surface area contributed by atoms with Crippen molar-refractivity contribution in [1.29, 1.82) is 0 Å². The van der Waals surface area contributed by atoms with E-state index in [-0.39, 0.29) is 5.41 Å². The molecule has 106 valence electrons. The zero-order valence-corrected chi connectivity index (χ0v) is 12.8. The molecule has 3 nitrogen and oxygen atoms in total. The minimum atomic E-state index is -1.97. The standard InChI is InChI=1S/C16H19O3P/c1-16(2,3)13-9-11-15(12-10-13)19-20(17)18-14-7-5-4-6-8-14/h4-12,17H,1-3H3. The molecule has 0 aliphatic heterocycles. The summed E-state index contributed by atoms with van der Waals surface area (Å²) in [5.41, 5.74) is 1.32. The van der Waals surface area contributed by atoms with E-state index < -0.39 is 8.60 Å². The highest BCUT2D eigenvalue weighted by Crippen LogP contribution is 2.36. The summed E-state index contributed by atoms with van der Waals surface area (Å²) in [4.78, 5) is 9.81. The van der Waals surface area contributed by atoms with Gasteiger partial charge in [0, 0.05) is 0 Å². The molecule has 0 aromatic heterocycles. The number of rotatable bonds is 4. The quantitative estimate of drug-likeness (QED) is 0.832. The average Bonchev–Trinajstić information content (AvgIpc) is 2.39. The number of hydrogen-bond donors (Lipinski definition) is 1. The first-order valence-electron chi connectivity index (χ1n) is 6.46. The molecule has 0 bridgehead atoms. The van der Waals surface area contributed by atoms with Crippen LogP contribution in [0.25, 0.3) is 0 Å². The molecular formula is C16H19O3P. The second-order valence-corrected chi connectivity index (χ2v) is 6.35. The molecule has 2 aromatic carbocycles. The maximum absolute atomic E-state index is 9.81. The minimum absolute atomic E-state index is 0.100. The van der Waals surface area contributed by atoms with Crippen molar-refractivity contribution in [3.63, 3.8) is 0 Å². The Bertz CT molecular complexity index is 532. The smallest absolute Gasteiger partial charge is 0.418 e. The van der Waals surface area contributed by atoms with Gasteiger partial charge in [0.15, 0.2) is 0 Å². The molecule has 0 saturated carbocycles. The van der Waals surface area contributed by atoms with E-state index in [1.807, 2.05) is 42.5 Å². The Kier molecular flexibility index (Phi) is 4.64. The van der Waals surface area contributed by atoms with Gasteiger partial charge in [0.1, 0.15) is 11.5 Å². The first-order valence-corrected chi connectivity index (χ1v) is 7.59. The van der Waals surface area contributed by atoms with Crippen molar-refractivity contribution < 1.29 is 13.9 Å². The zero-order chi connectivity index (χ0) is 14.6. The third-order valence-corrected chi connectivity index (χ3v) is 3.56. The molecule has 0 heterocycles. The number of hydrogen-bond acceptors (Lipinski definition) is 3. The van der Waals surface area contributed by atoms with Gasteiger partial charge in [-0.05, 0) is 35.2 Å². The topological polar surface area (TPSA) is 38.7 Å². The van der Waals surface area contributed by atoms with Crippen molar-refractivity contribution in [3.05, 3.63) is 60.2 Å². The zero-order valence-electron chi connectivity index (χ0n) is 11.9. The second kappa shape index (κ2) is 6.25. The average molecular weight is 290 g/mol. The molecule has 0 radical (unpaired) electrons. The van der Waals surface area contributed by atoms with Crippen LogP contribution >= 0.6 is 8.60 Å². The van der Waals surface area contributed by atoms with Crippen LogP contribution in [0.2, 0.25) is 0 Å². The van der Waals surface area contributed by atoms with E-state index in [0.29, 0.717) is 11.5 Å². The summed E-state index contributed by atoms with van der Waals surface area (Å²) in [5, 5.41) is 0. The van der Waals surface area contributed by atoms with Crippen LogP contribution in [0.5, 0.6) is 11.5 Å². The number of benzene rings is 2. The van der Waals surface area contributed by atoms with E-state index in [4.69, 9.17) is 9.05 Å². The molecule has 0 amide bonds. The summed E-state index contributed by atoms with van der Waals surface area (Å²) in [5.74, 6) is 1.19. The fourth-order valence-electron chi connectivity index (χ4n) is 1.70. The van der Waals surface area contributed by atoms with Gasteiger partial charge in [-0.1, -0.05) is 51.1 Å². The Labute approximate surface area is 121 Å². The lowest BCUT2D eigenvalue weighted by Gasteiger charge is -2.19. The van der Waals surface area contributed by atoms with Crippen LogP contribution < -0.4 is 9.05 Å². The van der Waals surface area contributed by atoms with Crippen LogP contribution in [0.15, 0.2) is 54.6 Å². The van der Waals surface area contributed by atoms with E-state index in [0.717, 1.165) is 0 Å². The van der Waals surface area contributed by atoms with E-state index in [2.05, 4.69) is 20.8 Å². The molecule has 20 heavy (non-hydrogen) atoms. The summed E-state index contributed by atoms with van der Waals surface area (Å²) in [6.45, 7) is 6.46. The minimum Gasteiger partial charge on any atom is -0.418 e. The van der Waals surface area contributed by atoms with Crippen molar-refractivity contribution in [2.45, 2.75) is 26.2 Å². The van der Waals surface area contributed by atoms with Crippen molar-refractivity contribution in [2.24, 2.45) is 0 Å². The van der Waals surface area contributed by atoms with Gasteiger partial charge in [-0.15, -0.1) is 0 Å². The van der Waals surface area contributed by atoms with Gasteiger partial charge >= 0.3 is 8.60 Å². The molecule has 0 aliphatic rings. The summed E-state index contributed by atoms with van der Waals surface area (Å²) in [6.07, 6.45) is 0. The van der Waals surface area contributed by atoms with Gasteiger partial charge in [0.2, 0.25) is 0 Å². The Morgan fingerprint density at radius 3 is 1.80 bits per heavy atom. The summed E-state index contributed by atoms with van der Waals surface area (Å²) in [6, 6.07) is 16.8. The molecule has 4 heteroatoms. The third-order valence-electron chi connectivity index (χ3n) is 2.83. The lowest BCUT2D eigenvalue weighted by Crippen LogP contribution is -2.10. The fourth-order valence-corrected chi connectivity index (χ4v) is 2.34. The van der Waals surface area contributed by atoms with Crippen molar-refractivity contribution in [3.8, 4) is 11.5 Å². The SMILES string of the molecule is CC(C)(C)c1ccc(OP(O)Oc2ccccc2)cc1. The van der Waals surface area contributed by atoms with E-state index in [9.17, 15) is 4.89 Å². The van der Waals surface area contributed by atoms with Crippen molar-refractivity contribution in [1.82, 2.24) is 0 Å². The Balaban J connectivity index is 1.96. The monoisotopic (exact) mass is 290 g/mol. The van der Waals surface area contributed by atoms with Gasteiger partial charge in [0.25, 0.3) is 0 Å². The summed E-state index contributed by atoms with van der Waals surface area (Å²) < 4.78 is 10.7. The van der Waals surface area contributed by atoms with E-state index in [1.165, 1.54) is 5.56 Å². The molecule has 1 unspecified atom stereocenters. The van der Waals surface area contributed by atoms with Gasteiger partial charge in [-0.3, -0.25) is 0 Å². The Morgan fingerprint density at radius 2 is 1.30 bits per heavy atom. The van der Waals surface area contributed by atoms with Gasteiger partial charge in [-0.25, -0.2) is 0 Å². The maximum Gasteiger partial charge on any atom is 0.460 e. The van der Waals surface area contributed by atoms with Gasteiger partial charge in [0.05, 0.1) is 0 Å². The van der Waals surface area contributed by atoms with Gasteiger partial charge < -0.3 is 13.9 Å². The Hall–Kier alpha value is -1.57. The van der Waals surface area contributed by atoms with Gasteiger partial charge in [-0.2, -0.15) is 0 Å². The highest BCUT2D eigenvalue weighted by Gasteiger charge is 2.15. The van der Waals surface area contributed by atoms with Crippen molar-refractivity contribution >= 4 is 8.60 Å². The summed E-state index contributed by atoms with van der Waals surface area (Å²) >= 11 is 0. The van der Waals surface area contributed by atoms with Crippen LogP contribution in [0.1, 0.15) is 26.3 Å². The van der Waals surface area contributed by atoms with E-state index in [1.54, 1.807) is 12.1 Å². The molecule has 1 atom stereocenters. The molecule has 2 rings (SSSR count). The second-order valence-electron chi connectivity index (χ2n) is 5.51. The van der Waals surface area contributed by atoms with Crippen LogP contribution in [0.3, 0.4) is 0 Å². The molecule has 0 aliphatic carbocycles. The molecule has 0 saturated heterocycles. The first-order chi connectivity index (χ1) is 9.45. The van der Waals surface area contributed by atoms with Crippen LogP contribution in [-0.2, 0) is 5.41 Å². The summed E-state index contributed by atoms with van der Waals surface area (Å²) in [7, 11) is -1.97. The van der Waals surface area contributed by atoms with Crippen LogP contribution in [0, 0.1) is 0 Å². The number of para-hydroxylation sites is 1. The largest absolute Gasteiger partial charge is 0.460 e. The maximum atomic E-state index is 9.81. The lowest BCUT2D eigenvalue weighted by atomic mass is 9.87. The highest BCUT2D eigenvalue weighted by atomic mass is 31.2.